The van der Waals surface area contributed by atoms with E-state index in [1.807, 2.05) is 6.07 Å². The maximum atomic E-state index is 5.75. The monoisotopic (exact) mass is 335 g/mol. The van der Waals surface area contributed by atoms with Crippen molar-refractivity contribution < 1.29 is 4.74 Å². The van der Waals surface area contributed by atoms with Crippen LogP contribution in [0, 0.1) is 0 Å². The molecule has 1 aromatic heterocycles. The number of nitrogens with zero attached hydrogens (tertiary/aromatic N) is 2. The Labute approximate surface area is 139 Å². The molecule has 0 unspecified atom stereocenters. The summed E-state index contributed by atoms with van der Waals surface area (Å²) in [5.41, 5.74) is 2.41. The summed E-state index contributed by atoms with van der Waals surface area (Å²) >= 11 is 3.36. The number of rotatable bonds is 6. The molecule has 6 heteroatoms. The van der Waals surface area contributed by atoms with Crippen molar-refractivity contribution in [1.29, 1.82) is 0 Å². The summed E-state index contributed by atoms with van der Waals surface area (Å²) in [7, 11) is 0. The van der Waals surface area contributed by atoms with Gasteiger partial charge in [0.2, 0.25) is 5.13 Å². The second-order valence-electron chi connectivity index (χ2n) is 5.31. The lowest BCUT2D eigenvalue weighted by atomic mass is 10.1. The van der Waals surface area contributed by atoms with Gasteiger partial charge in [0.05, 0.1) is 6.10 Å². The van der Waals surface area contributed by atoms with E-state index in [1.165, 1.54) is 24.8 Å². The van der Waals surface area contributed by atoms with Crippen molar-refractivity contribution in [2.24, 2.45) is 0 Å². The Hall–Kier alpha value is -1.11. The van der Waals surface area contributed by atoms with Crippen LogP contribution in [0.1, 0.15) is 31.7 Å². The van der Waals surface area contributed by atoms with Gasteiger partial charge in [-0.05, 0) is 37.3 Å². The topological polar surface area (TPSA) is 47.0 Å². The Morgan fingerprint density at radius 1 is 1.32 bits per heavy atom. The minimum Gasteiger partial charge on any atom is -0.377 e. The SMILES string of the molecule is CCc1ccccc1Nc1nnc(SC[C@@H]2CCCCO2)s1. The van der Waals surface area contributed by atoms with Crippen LogP contribution < -0.4 is 5.32 Å². The zero-order valence-corrected chi connectivity index (χ0v) is 14.4. The average Bonchev–Trinajstić information content (AvgIpc) is 3.02. The number of anilines is 2. The van der Waals surface area contributed by atoms with Crippen LogP contribution in [0.3, 0.4) is 0 Å². The van der Waals surface area contributed by atoms with Gasteiger partial charge in [0.1, 0.15) is 0 Å². The van der Waals surface area contributed by atoms with Crippen molar-refractivity contribution >= 4 is 33.9 Å². The van der Waals surface area contributed by atoms with Crippen LogP contribution in [0.4, 0.5) is 10.8 Å². The van der Waals surface area contributed by atoms with Gasteiger partial charge in [-0.2, -0.15) is 0 Å². The zero-order chi connectivity index (χ0) is 15.2. The molecular formula is C16H21N3OS2. The molecule has 0 bridgehead atoms. The average molecular weight is 335 g/mol. The third-order valence-electron chi connectivity index (χ3n) is 3.71. The van der Waals surface area contributed by atoms with Crippen molar-refractivity contribution in [2.45, 2.75) is 43.1 Å². The van der Waals surface area contributed by atoms with Crippen LogP contribution in [0.2, 0.25) is 0 Å². The number of hydrogen-bond acceptors (Lipinski definition) is 6. The quantitative estimate of drug-likeness (QED) is 0.787. The van der Waals surface area contributed by atoms with E-state index < -0.39 is 0 Å². The smallest absolute Gasteiger partial charge is 0.210 e. The Morgan fingerprint density at radius 2 is 2.23 bits per heavy atom. The minimum atomic E-state index is 0.375. The number of hydrogen-bond donors (Lipinski definition) is 1. The molecule has 2 heterocycles. The highest BCUT2D eigenvalue weighted by molar-refractivity contribution is 8.01. The van der Waals surface area contributed by atoms with E-state index in [1.54, 1.807) is 23.1 Å². The van der Waals surface area contributed by atoms with Gasteiger partial charge in [0.15, 0.2) is 4.34 Å². The molecule has 2 aromatic rings. The summed E-state index contributed by atoms with van der Waals surface area (Å²) in [5, 5.41) is 12.7. The van der Waals surface area contributed by atoms with Gasteiger partial charge < -0.3 is 10.1 Å². The lowest BCUT2D eigenvalue weighted by molar-refractivity contribution is 0.0315. The maximum Gasteiger partial charge on any atom is 0.210 e. The van der Waals surface area contributed by atoms with Gasteiger partial charge >= 0.3 is 0 Å². The van der Waals surface area contributed by atoms with E-state index in [9.17, 15) is 0 Å². The molecule has 1 saturated heterocycles. The van der Waals surface area contributed by atoms with Gasteiger partial charge in [0, 0.05) is 18.0 Å². The summed E-state index contributed by atoms with van der Waals surface area (Å²) in [5.74, 6) is 0.972. The molecule has 118 valence electrons. The summed E-state index contributed by atoms with van der Waals surface area (Å²) in [6.07, 6.45) is 5.02. The molecule has 1 N–H and O–H groups in total. The molecule has 0 amide bonds. The van der Waals surface area contributed by atoms with Gasteiger partial charge in [-0.25, -0.2) is 0 Å². The predicted molar refractivity (Wildman–Crippen MR) is 93.3 cm³/mol. The third kappa shape index (κ3) is 4.21. The first-order valence-electron chi connectivity index (χ1n) is 7.78. The first-order valence-corrected chi connectivity index (χ1v) is 9.58. The molecule has 0 radical (unpaired) electrons. The van der Waals surface area contributed by atoms with Crippen LogP contribution in [0.5, 0.6) is 0 Å². The van der Waals surface area contributed by atoms with E-state index in [-0.39, 0.29) is 0 Å². The Morgan fingerprint density at radius 3 is 3.05 bits per heavy atom. The Bertz CT molecular complexity index is 597. The maximum absolute atomic E-state index is 5.75. The molecule has 1 aliphatic rings. The highest BCUT2D eigenvalue weighted by Gasteiger charge is 2.15. The van der Waals surface area contributed by atoms with Gasteiger partial charge in [-0.1, -0.05) is 48.2 Å². The number of benzene rings is 1. The number of ether oxygens (including phenoxy) is 1. The molecular weight excluding hydrogens is 314 g/mol. The van der Waals surface area contributed by atoms with Crippen LogP contribution in [-0.4, -0.2) is 28.7 Å². The first kappa shape index (κ1) is 15.8. The van der Waals surface area contributed by atoms with Crippen LogP contribution in [0.25, 0.3) is 0 Å². The zero-order valence-electron chi connectivity index (χ0n) is 12.7. The number of aromatic nitrogens is 2. The van der Waals surface area contributed by atoms with Gasteiger partial charge in [-0.3, -0.25) is 0 Å². The second-order valence-corrected chi connectivity index (χ2v) is 7.55. The number of para-hydroxylation sites is 1. The van der Waals surface area contributed by atoms with Crippen LogP contribution >= 0.6 is 23.1 Å². The molecule has 1 aliphatic heterocycles. The molecule has 0 spiro atoms. The lowest BCUT2D eigenvalue weighted by Crippen LogP contribution is -2.21. The third-order valence-corrected chi connectivity index (χ3v) is 5.82. The summed E-state index contributed by atoms with van der Waals surface area (Å²) in [6.45, 7) is 3.06. The Balaban J connectivity index is 1.56. The lowest BCUT2D eigenvalue weighted by Gasteiger charge is -2.21. The van der Waals surface area contributed by atoms with Crippen molar-refractivity contribution in [3.8, 4) is 0 Å². The number of aryl methyl sites for hydroxylation is 1. The van der Waals surface area contributed by atoms with Crippen molar-refractivity contribution in [1.82, 2.24) is 10.2 Å². The van der Waals surface area contributed by atoms with Gasteiger partial charge in [-0.15, -0.1) is 10.2 Å². The van der Waals surface area contributed by atoms with E-state index in [4.69, 9.17) is 4.74 Å². The van der Waals surface area contributed by atoms with Crippen molar-refractivity contribution in [3.05, 3.63) is 29.8 Å². The minimum absolute atomic E-state index is 0.375. The van der Waals surface area contributed by atoms with Crippen molar-refractivity contribution in [3.63, 3.8) is 0 Å². The molecule has 0 aliphatic carbocycles. The fourth-order valence-corrected chi connectivity index (χ4v) is 4.34. The van der Waals surface area contributed by atoms with E-state index in [0.717, 1.165) is 33.9 Å². The molecule has 0 saturated carbocycles. The summed E-state index contributed by atoms with van der Waals surface area (Å²) in [6, 6.07) is 8.33. The fourth-order valence-electron chi connectivity index (χ4n) is 2.49. The molecule has 1 fully saturated rings. The summed E-state index contributed by atoms with van der Waals surface area (Å²) < 4.78 is 6.76. The molecule has 1 atom stereocenters. The number of thioether (sulfide) groups is 1. The molecule has 1 aromatic carbocycles. The van der Waals surface area contributed by atoms with Crippen LogP contribution in [0.15, 0.2) is 28.6 Å². The summed E-state index contributed by atoms with van der Waals surface area (Å²) in [4.78, 5) is 0. The molecule has 22 heavy (non-hydrogen) atoms. The van der Waals surface area contributed by atoms with E-state index in [2.05, 4.69) is 40.6 Å². The standard InChI is InChI=1S/C16H21N3OS2/c1-2-12-7-3-4-9-14(12)17-15-18-19-16(22-15)21-11-13-8-5-6-10-20-13/h3-4,7,9,13H,2,5-6,8,10-11H2,1H3,(H,17,18)/t13-/m0/s1. The largest absolute Gasteiger partial charge is 0.377 e. The van der Waals surface area contributed by atoms with Crippen LogP contribution in [-0.2, 0) is 11.2 Å². The second kappa shape index (κ2) is 7.94. The highest BCUT2D eigenvalue weighted by atomic mass is 32.2. The predicted octanol–water partition coefficient (Wildman–Crippen LogP) is 4.51. The molecule has 3 rings (SSSR count). The van der Waals surface area contributed by atoms with E-state index >= 15 is 0 Å². The fraction of sp³-hybridized carbons (Fsp3) is 0.500. The Kier molecular flexibility index (Phi) is 5.70. The molecule has 4 nitrogen and oxygen atoms in total. The number of nitrogens with one attached hydrogen (secondary N) is 1. The van der Waals surface area contributed by atoms with Gasteiger partial charge in [0.25, 0.3) is 0 Å². The first-order chi connectivity index (χ1) is 10.8. The van der Waals surface area contributed by atoms with Crippen molar-refractivity contribution in [2.75, 3.05) is 17.7 Å². The normalized spacial score (nSPS) is 18.3. The highest BCUT2D eigenvalue weighted by Crippen LogP contribution is 2.30. The van der Waals surface area contributed by atoms with E-state index in [0.29, 0.717) is 6.10 Å².